The van der Waals surface area contributed by atoms with Crippen molar-refractivity contribution in [2.75, 3.05) is 40.9 Å². The third-order valence-corrected chi connectivity index (χ3v) is 13.5. The maximum absolute atomic E-state index is 13.0. The van der Waals surface area contributed by atoms with Crippen molar-refractivity contribution in [3.05, 3.63) is 60.8 Å². The molecule has 2 N–H and O–H groups in total. The van der Waals surface area contributed by atoms with Crippen LogP contribution in [-0.4, -0.2) is 68.5 Å². The molecular weight excluding hydrogens is 852 g/mol. The van der Waals surface area contributed by atoms with E-state index in [0.29, 0.717) is 23.9 Å². The van der Waals surface area contributed by atoms with Crippen LogP contribution in [-0.2, 0) is 18.4 Å². The second-order valence-corrected chi connectivity index (χ2v) is 21.7. The highest BCUT2D eigenvalue weighted by Crippen LogP contribution is 2.38. The first kappa shape index (κ1) is 65.2. The number of phosphoric ester groups is 1. The second-order valence-electron chi connectivity index (χ2n) is 20.3. The first-order chi connectivity index (χ1) is 32.5. The van der Waals surface area contributed by atoms with E-state index in [0.717, 1.165) is 77.0 Å². The van der Waals surface area contributed by atoms with Gasteiger partial charge in [0.15, 0.2) is 0 Å². The standard InChI is InChI=1S/C58H109N2O6P/c1-6-8-10-12-14-16-18-20-22-24-26-27-28-29-30-31-32-34-35-37-39-41-43-45-47-49-51-57(61)56(55-66-67(63,64)65-54-53-60(3,4)5)59-58(62)52-50-48-46-44-42-40-38-36-33-25-23-21-19-17-15-13-11-9-7-2/h9,11,15,17,21,23,33,36,40,42,56-57,61H,6-8,10,12-14,16,18-20,22,24-32,34-35,37-39,41,43-55H2,1-5H3,(H-,59,62,63,64)/b11-9-,17-15-,23-21-,36-33-,42-40-. The van der Waals surface area contributed by atoms with Crippen LogP contribution in [0.4, 0.5) is 0 Å². The summed E-state index contributed by atoms with van der Waals surface area (Å²) in [6.45, 7) is 4.60. The molecule has 8 nitrogen and oxygen atoms in total. The van der Waals surface area contributed by atoms with E-state index in [-0.39, 0.29) is 19.1 Å². The van der Waals surface area contributed by atoms with Gasteiger partial charge in [0.05, 0.1) is 39.9 Å². The highest BCUT2D eigenvalue weighted by Gasteiger charge is 2.24. The Hall–Kier alpha value is -1.80. The van der Waals surface area contributed by atoms with Gasteiger partial charge >= 0.3 is 0 Å². The van der Waals surface area contributed by atoms with Gasteiger partial charge in [0, 0.05) is 6.42 Å². The summed E-state index contributed by atoms with van der Waals surface area (Å²) >= 11 is 0. The monoisotopic (exact) mass is 961 g/mol. The van der Waals surface area contributed by atoms with Gasteiger partial charge in [0.25, 0.3) is 7.82 Å². The smallest absolute Gasteiger partial charge is 0.268 e. The minimum Gasteiger partial charge on any atom is -0.756 e. The summed E-state index contributed by atoms with van der Waals surface area (Å²) in [6.07, 6.45) is 65.4. The van der Waals surface area contributed by atoms with Gasteiger partial charge in [-0.05, 0) is 57.8 Å². The largest absolute Gasteiger partial charge is 0.756 e. The van der Waals surface area contributed by atoms with Gasteiger partial charge in [-0.3, -0.25) is 9.36 Å². The first-order valence-corrected chi connectivity index (χ1v) is 29.6. The summed E-state index contributed by atoms with van der Waals surface area (Å²) in [6, 6.07) is -0.822. The van der Waals surface area contributed by atoms with E-state index in [9.17, 15) is 19.4 Å². The molecule has 1 amide bonds. The minimum absolute atomic E-state index is 0.00304. The van der Waals surface area contributed by atoms with E-state index in [2.05, 4.69) is 79.9 Å². The normalized spacial score (nSPS) is 14.4. The number of aliphatic hydroxyl groups is 1. The van der Waals surface area contributed by atoms with E-state index in [4.69, 9.17) is 9.05 Å². The number of unbranched alkanes of at least 4 members (excludes halogenated alkanes) is 28. The number of amides is 1. The fraction of sp³-hybridized carbons (Fsp3) is 0.810. The van der Waals surface area contributed by atoms with Gasteiger partial charge in [0.1, 0.15) is 13.2 Å². The van der Waals surface area contributed by atoms with Crippen LogP contribution < -0.4 is 10.2 Å². The predicted octanol–water partition coefficient (Wildman–Crippen LogP) is 16.3. The van der Waals surface area contributed by atoms with Crippen molar-refractivity contribution in [2.24, 2.45) is 0 Å². The molecule has 0 aromatic heterocycles. The third-order valence-electron chi connectivity index (χ3n) is 12.5. The number of nitrogens with zero attached hydrogens (tertiary/aromatic N) is 1. The van der Waals surface area contributed by atoms with Crippen LogP contribution in [0.1, 0.15) is 251 Å². The molecule has 3 unspecified atom stereocenters. The van der Waals surface area contributed by atoms with E-state index < -0.39 is 20.0 Å². The molecule has 0 saturated carbocycles. The number of carbonyl (C=O) groups excluding carboxylic acids is 1. The summed E-state index contributed by atoms with van der Waals surface area (Å²) in [5, 5.41) is 14.0. The predicted molar refractivity (Wildman–Crippen MR) is 288 cm³/mol. The zero-order valence-corrected chi connectivity index (χ0v) is 45.5. The topological polar surface area (TPSA) is 108 Å². The maximum Gasteiger partial charge on any atom is 0.268 e. The number of allylic oxidation sites excluding steroid dienone is 10. The van der Waals surface area contributed by atoms with Crippen molar-refractivity contribution in [3.63, 3.8) is 0 Å². The molecule has 0 aliphatic heterocycles. The van der Waals surface area contributed by atoms with Crippen molar-refractivity contribution in [3.8, 4) is 0 Å². The van der Waals surface area contributed by atoms with Crippen LogP contribution in [0.25, 0.3) is 0 Å². The summed E-state index contributed by atoms with van der Waals surface area (Å²) < 4.78 is 23.4. The number of nitrogens with one attached hydrogen (secondary N) is 1. The molecule has 0 fully saturated rings. The molecular formula is C58H109N2O6P. The average Bonchev–Trinajstić information content (AvgIpc) is 3.29. The number of carbonyl (C=O) groups is 1. The van der Waals surface area contributed by atoms with Crippen LogP contribution in [0.5, 0.6) is 0 Å². The molecule has 0 bridgehead atoms. The Morgan fingerprint density at radius 2 is 0.910 bits per heavy atom. The Bertz CT molecular complexity index is 1270. The molecule has 0 spiro atoms. The number of aliphatic hydroxyl groups excluding tert-OH is 1. The molecule has 67 heavy (non-hydrogen) atoms. The molecule has 0 heterocycles. The van der Waals surface area contributed by atoms with Gasteiger partial charge in [-0.1, -0.05) is 248 Å². The zero-order chi connectivity index (χ0) is 49.2. The number of rotatable bonds is 51. The molecule has 9 heteroatoms. The molecule has 0 rings (SSSR count). The second kappa shape index (κ2) is 49.2. The van der Waals surface area contributed by atoms with Crippen LogP contribution in [0.3, 0.4) is 0 Å². The van der Waals surface area contributed by atoms with E-state index in [1.54, 1.807) is 0 Å². The van der Waals surface area contributed by atoms with Crippen LogP contribution in [0.2, 0.25) is 0 Å². The average molecular weight is 961 g/mol. The molecule has 392 valence electrons. The quantitative estimate of drug-likeness (QED) is 0.0272. The lowest BCUT2D eigenvalue weighted by Gasteiger charge is -2.30. The lowest BCUT2D eigenvalue weighted by molar-refractivity contribution is -0.870. The summed E-state index contributed by atoms with van der Waals surface area (Å²) in [7, 11) is 1.28. The molecule has 0 saturated heterocycles. The molecule has 0 aliphatic rings. The molecule has 0 radical (unpaired) electrons. The Balaban J connectivity index is 4.22. The SMILES string of the molecule is CC/C=C\C/C=C\C/C=C\C/C=C\C/C=C\CCCCCC(=O)NC(COP(=O)([O-])OCC[N+](C)(C)C)C(O)CCCCCCCCCCCCCCCCCCCCCCCCCCCC. The molecule has 0 aromatic rings. The van der Waals surface area contributed by atoms with Gasteiger partial charge in [-0.2, -0.15) is 0 Å². The van der Waals surface area contributed by atoms with Crippen molar-refractivity contribution >= 4 is 13.7 Å². The van der Waals surface area contributed by atoms with Gasteiger partial charge in [-0.15, -0.1) is 0 Å². The summed E-state index contributed by atoms with van der Waals surface area (Å²) in [4.78, 5) is 25.5. The minimum atomic E-state index is -4.59. The zero-order valence-electron chi connectivity index (χ0n) is 44.6. The number of quaternary nitrogens is 1. The number of hydrogen-bond donors (Lipinski definition) is 2. The van der Waals surface area contributed by atoms with Crippen LogP contribution >= 0.6 is 7.82 Å². The van der Waals surface area contributed by atoms with Gasteiger partial charge < -0.3 is 28.8 Å². The summed E-state index contributed by atoms with van der Waals surface area (Å²) in [5.74, 6) is -0.195. The molecule has 0 aliphatic carbocycles. The summed E-state index contributed by atoms with van der Waals surface area (Å²) in [5.41, 5.74) is 0. The Labute approximate surface area is 415 Å². The van der Waals surface area contributed by atoms with Crippen molar-refractivity contribution < 1.29 is 32.9 Å². The molecule has 0 aromatic carbocycles. The highest BCUT2D eigenvalue weighted by molar-refractivity contribution is 7.45. The molecule has 3 atom stereocenters. The first-order valence-electron chi connectivity index (χ1n) is 28.1. The number of hydrogen-bond acceptors (Lipinski definition) is 6. The van der Waals surface area contributed by atoms with Crippen LogP contribution in [0, 0.1) is 0 Å². The fourth-order valence-corrected chi connectivity index (χ4v) is 8.85. The fourth-order valence-electron chi connectivity index (χ4n) is 8.13. The lowest BCUT2D eigenvalue weighted by atomic mass is 10.0. The van der Waals surface area contributed by atoms with Gasteiger partial charge in [-0.25, -0.2) is 0 Å². The van der Waals surface area contributed by atoms with Crippen LogP contribution in [0.15, 0.2) is 60.8 Å². The maximum atomic E-state index is 13.0. The highest BCUT2D eigenvalue weighted by atomic mass is 31.2. The van der Waals surface area contributed by atoms with E-state index >= 15 is 0 Å². The Morgan fingerprint density at radius 1 is 0.537 bits per heavy atom. The van der Waals surface area contributed by atoms with Crippen molar-refractivity contribution in [2.45, 2.75) is 264 Å². The van der Waals surface area contributed by atoms with Crippen molar-refractivity contribution in [1.29, 1.82) is 0 Å². The number of phosphoric acid groups is 1. The lowest BCUT2D eigenvalue weighted by Crippen LogP contribution is -2.46. The van der Waals surface area contributed by atoms with Gasteiger partial charge in [0.2, 0.25) is 5.91 Å². The third kappa shape index (κ3) is 51.9. The Morgan fingerprint density at radius 3 is 1.31 bits per heavy atom. The van der Waals surface area contributed by atoms with E-state index in [1.807, 2.05) is 21.1 Å². The van der Waals surface area contributed by atoms with Crippen molar-refractivity contribution in [1.82, 2.24) is 5.32 Å². The Kier molecular flexibility index (Phi) is 47.9. The van der Waals surface area contributed by atoms with E-state index in [1.165, 1.54) is 148 Å². The number of likely N-dealkylation sites (N-methyl/N-ethyl adjacent to an activating group) is 1.